The first-order valence-corrected chi connectivity index (χ1v) is 8.05. The van der Waals surface area contributed by atoms with Crippen molar-refractivity contribution in [3.8, 4) is 5.69 Å². The van der Waals surface area contributed by atoms with E-state index in [-0.39, 0.29) is 0 Å². The van der Waals surface area contributed by atoms with Crippen LogP contribution in [0.4, 0.5) is 0 Å². The van der Waals surface area contributed by atoms with Gasteiger partial charge in [0.25, 0.3) is 0 Å². The van der Waals surface area contributed by atoms with Gasteiger partial charge in [-0.2, -0.15) is 0 Å². The Morgan fingerprint density at radius 1 is 1.29 bits per heavy atom. The first-order valence-electron chi connectivity index (χ1n) is 8.05. The summed E-state index contributed by atoms with van der Waals surface area (Å²) < 4.78 is 2.03. The van der Waals surface area contributed by atoms with Gasteiger partial charge in [-0.25, -0.2) is 4.98 Å². The maximum atomic E-state index is 4.09. The standard InChI is InChI=1S/C18H25N3/c1-14-4-3-5-17(14)12-20-15(2)16-6-8-18(9-7-16)21-11-10-19-13-21/h6-11,13-15,17,20H,3-5,12H2,1-2H3. The SMILES string of the molecule is CC(NCC1CCCC1C)c1ccc(-n2ccnc2)cc1. The quantitative estimate of drug-likeness (QED) is 0.900. The van der Waals surface area contributed by atoms with E-state index < -0.39 is 0 Å². The van der Waals surface area contributed by atoms with Gasteiger partial charge in [0.1, 0.15) is 0 Å². The molecule has 1 aliphatic rings. The monoisotopic (exact) mass is 283 g/mol. The molecule has 1 N–H and O–H groups in total. The second-order valence-electron chi connectivity index (χ2n) is 6.36. The zero-order chi connectivity index (χ0) is 14.7. The van der Waals surface area contributed by atoms with E-state index in [4.69, 9.17) is 0 Å². The normalized spacial score (nSPS) is 23.3. The molecule has 0 aliphatic heterocycles. The zero-order valence-electron chi connectivity index (χ0n) is 13.0. The lowest BCUT2D eigenvalue weighted by molar-refractivity contribution is 0.375. The van der Waals surface area contributed by atoms with Crippen LogP contribution in [-0.2, 0) is 0 Å². The van der Waals surface area contributed by atoms with Crippen molar-refractivity contribution >= 4 is 0 Å². The molecule has 0 saturated heterocycles. The molecule has 0 spiro atoms. The Balaban J connectivity index is 1.58. The predicted octanol–water partition coefficient (Wildman–Crippen LogP) is 3.96. The average molecular weight is 283 g/mol. The first kappa shape index (κ1) is 14.3. The molecule has 0 bridgehead atoms. The van der Waals surface area contributed by atoms with Crippen molar-refractivity contribution in [3.05, 3.63) is 48.5 Å². The van der Waals surface area contributed by atoms with Crippen LogP contribution in [0.25, 0.3) is 5.69 Å². The highest BCUT2D eigenvalue weighted by Gasteiger charge is 2.23. The molecule has 3 atom stereocenters. The third kappa shape index (κ3) is 3.35. The van der Waals surface area contributed by atoms with E-state index in [1.165, 1.54) is 24.8 Å². The molecule has 0 amide bonds. The number of benzene rings is 1. The molecule has 112 valence electrons. The van der Waals surface area contributed by atoms with E-state index in [1.54, 1.807) is 6.20 Å². The minimum absolute atomic E-state index is 0.412. The molecule has 21 heavy (non-hydrogen) atoms. The molecule has 1 heterocycles. The minimum atomic E-state index is 0.412. The van der Waals surface area contributed by atoms with Crippen molar-refractivity contribution in [2.24, 2.45) is 11.8 Å². The number of imidazole rings is 1. The summed E-state index contributed by atoms with van der Waals surface area (Å²) in [5, 5.41) is 3.71. The van der Waals surface area contributed by atoms with Crippen LogP contribution < -0.4 is 5.32 Å². The van der Waals surface area contributed by atoms with Crippen molar-refractivity contribution in [2.45, 2.75) is 39.2 Å². The minimum Gasteiger partial charge on any atom is -0.310 e. The van der Waals surface area contributed by atoms with Gasteiger partial charge < -0.3 is 9.88 Å². The van der Waals surface area contributed by atoms with Crippen LogP contribution in [-0.4, -0.2) is 16.1 Å². The molecule has 2 aromatic rings. The Kier molecular flexibility index (Phi) is 4.39. The fourth-order valence-electron chi connectivity index (χ4n) is 3.32. The van der Waals surface area contributed by atoms with Gasteiger partial charge in [0.05, 0.1) is 6.33 Å². The fraction of sp³-hybridized carbons (Fsp3) is 0.500. The lowest BCUT2D eigenvalue weighted by atomic mass is 9.97. The summed E-state index contributed by atoms with van der Waals surface area (Å²) in [5.41, 5.74) is 2.51. The van der Waals surface area contributed by atoms with Crippen molar-refractivity contribution in [1.29, 1.82) is 0 Å². The Labute approximate surface area is 127 Å². The Morgan fingerprint density at radius 2 is 2.10 bits per heavy atom. The largest absolute Gasteiger partial charge is 0.310 e. The summed E-state index contributed by atoms with van der Waals surface area (Å²) in [4.78, 5) is 4.09. The maximum Gasteiger partial charge on any atom is 0.0991 e. The maximum absolute atomic E-state index is 4.09. The van der Waals surface area contributed by atoms with Crippen LogP contribution in [0.5, 0.6) is 0 Å². The van der Waals surface area contributed by atoms with Gasteiger partial charge in [0, 0.05) is 24.1 Å². The average Bonchev–Trinajstić information content (AvgIpc) is 3.17. The Hall–Kier alpha value is -1.61. The molecule has 3 unspecified atom stereocenters. The van der Waals surface area contributed by atoms with E-state index in [2.05, 4.69) is 48.4 Å². The van der Waals surface area contributed by atoms with Crippen LogP contribution in [0.3, 0.4) is 0 Å². The molecule has 0 radical (unpaired) electrons. The summed E-state index contributed by atoms with van der Waals surface area (Å²) in [7, 11) is 0. The lowest BCUT2D eigenvalue weighted by Gasteiger charge is -2.20. The fourth-order valence-corrected chi connectivity index (χ4v) is 3.32. The topological polar surface area (TPSA) is 29.9 Å². The third-order valence-corrected chi connectivity index (χ3v) is 4.92. The van der Waals surface area contributed by atoms with Crippen molar-refractivity contribution in [3.63, 3.8) is 0 Å². The number of nitrogens with one attached hydrogen (secondary N) is 1. The molecular weight excluding hydrogens is 258 g/mol. The number of aromatic nitrogens is 2. The highest BCUT2D eigenvalue weighted by atomic mass is 15.0. The summed E-state index contributed by atoms with van der Waals surface area (Å²) >= 11 is 0. The highest BCUT2D eigenvalue weighted by Crippen LogP contribution is 2.31. The molecule has 1 aromatic heterocycles. The summed E-state index contributed by atoms with van der Waals surface area (Å²) in [6.45, 7) is 5.79. The number of hydrogen-bond donors (Lipinski definition) is 1. The van der Waals surface area contributed by atoms with Crippen LogP contribution >= 0.6 is 0 Å². The Bertz CT molecular complexity index is 544. The van der Waals surface area contributed by atoms with Crippen LogP contribution in [0, 0.1) is 11.8 Å². The van der Waals surface area contributed by atoms with Gasteiger partial charge in [-0.15, -0.1) is 0 Å². The summed E-state index contributed by atoms with van der Waals surface area (Å²) in [5.74, 6) is 1.74. The van der Waals surface area contributed by atoms with Gasteiger partial charge in [-0.1, -0.05) is 31.9 Å². The molecule has 1 aliphatic carbocycles. The highest BCUT2D eigenvalue weighted by molar-refractivity contribution is 5.35. The molecule has 1 aromatic carbocycles. The van der Waals surface area contributed by atoms with Crippen LogP contribution in [0.1, 0.15) is 44.7 Å². The number of rotatable bonds is 5. The first-order chi connectivity index (χ1) is 10.2. The van der Waals surface area contributed by atoms with E-state index in [0.29, 0.717) is 6.04 Å². The second-order valence-corrected chi connectivity index (χ2v) is 6.36. The van der Waals surface area contributed by atoms with Crippen molar-refractivity contribution in [1.82, 2.24) is 14.9 Å². The zero-order valence-corrected chi connectivity index (χ0v) is 13.0. The summed E-state index contributed by atoms with van der Waals surface area (Å²) in [6, 6.07) is 9.16. The van der Waals surface area contributed by atoms with Crippen molar-refractivity contribution < 1.29 is 0 Å². The van der Waals surface area contributed by atoms with E-state index in [0.717, 1.165) is 24.1 Å². The van der Waals surface area contributed by atoms with Gasteiger partial charge >= 0.3 is 0 Å². The van der Waals surface area contributed by atoms with E-state index >= 15 is 0 Å². The van der Waals surface area contributed by atoms with Crippen molar-refractivity contribution in [2.75, 3.05) is 6.54 Å². The predicted molar refractivity (Wildman–Crippen MR) is 86.5 cm³/mol. The summed E-state index contributed by atoms with van der Waals surface area (Å²) in [6.07, 6.45) is 9.81. The lowest BCUT2D eigenvalue weighted by Crippen LogP contribution is -2.27. The number of nitrogens with zero attached hydrogens (tertiary/aromatic N) is 2. The van der Waals surface area contributed by atoms with E-state index in [1.807, 2.05) is 17.1 Å². The van der Waals surface area contributed by atoms with E-state index in [9.17, 15) is 0 Å². The third-order valence-electron chi connectivity index (χ3n) is 4.92. The van der Waals surface area contributed by atoms with Gasteiger partial charge in [0.15, 0.2) is 0 Å². The van der Waals surface area contributed by atoms with Gasteiger partial charge in [0.2, 0.25) is 0 Å². The molecule has 3 rings (SSSR count). The van der Waals surface area contributed by atoms with Crippen LogP contribution in [0.15, 0.2) is 43.0 Å². The molecular formula is C18H25N3. The smallest absolute Gasteiger partial charge is 0.0991 e. The molecule has 3 heteroatoms. The number of hydrogen-bond acceptors (Lipinski definition) is 2. The van der Waals surface area contributed by atoms with Crippen LogP contribution in [0.2, 0.25) is 0 Å². The Morgan fingerprint density at radius 3 is 2.71 bits per heavy atom. The van der Waals surface area contributed by atoms with Gasteiger partial charge in [-0.05, 0) is 49.4 Å². The molecule has 3 nitrogen and oxygen atoms in total. The molecule has 1 saturated carbocycles. The second kappa shape index (κ2) is 6.44. The van der Waals surface area contributed by atoms with Gasteiger partial charge in [-0.3, -0.25) is 0 Å². The molecule has 1 fully saturated rings.